The highest BCUT2D eigenvalue weighted by molar-refractivity contribution is 6.02. The third-order valence-corrected chi connectivity index (χ3v) is 11.2. The number of carbonyl (C=O) groups excluding carboxylic acids is 4. The van der Waals surface area contributed by atoms with E-state index in [2.05, 4.69) is 19.2 Å². The van der Waals surface area contributed by atoms with Gasteiger partial charge < -0.3 is 34.6 Å². The maximum absolute atomic E-state index is 14.7. The van der Waals surface area contributed by atoms with Crippen molar-refractivity contribution in [2.75, 3.05) is 52.3 Å². The van der Waals surface area contributed by atoms with E-state index in [1.165, 1.54) is 0 Å². The zero-order valence-corrected chi connectivity index (χ0v) is 34.3. The van der Waals surface area contributed by atoms with Gasteiger partial charge in [-0.15, -0.1) is 0 Å². The predicted octanol–water partition coefficient (Wildman–Crippen LogP) is 5.83. The molecule has 2 atom stereocenters. The molecule has 0 bridgehead atoms. The van der Waals surface area contributed by atoms with Gasteiger partial charge in [-0.25, -0.2) is 4.68 Å². The second-order valence-corrected chi connectivity index (χ2v) is 15.2. The Balaban J connectivity index is 1.26. The van der Waals surface area contributed by atoms with Crippen LogP contribution in [0, 0.1) is 12.8 Å². The van der Waals surface area contributed by atoms with Crippen LogP contribution in [0.25, 0.3) is 5.69 Å². The van der Waals surface area contributed by atoms with E-state index in [9.17, 15) is 24.3 Å². The Morgan fingerprint density at radius 3 is 2.33 bits per heavy atom. The number of unbranched alkanes of at least 4 members (excludes halogenated alkanes) is 2. The lowest BCUT2D eigenvalue weighted by atomic mass is 9.93. The molecule has 0 radical (unpaired) electrons. The summed E-state index contributed by atoms with van der Waals surface area (Å²) in [5, 5.41) is 18.2. The zero-order chi connectivity index (χ0) is 41.3. The molecule has 0 saturated carbocycles. The maximum atomic E-state index is 14.7. The number of hydrogen-bond acceptors (Lipinski definition) is 8. The SMILES string of the molecule is CCCCN(CCCC)C(=O)c1cc(C)n(-c2ccc(NC(=O)C3CC(=O)N(CCc4ccc(OC)c(OC)c4)C3)cc2C(=O)N2Cc3ccccc3C[C@H]2CO)n1. The van der Waals surface area contributed by atoms with E-state index in [1.54, 1.807) is 53.0 Å². The van der Waals surface area contributed by atoms with E-state index in [0.29, 0.717) is 73.3 Å². The lowest BCUT2D eigenvalue weighted by Gasteiger charge is -2.36. The minimum atomic E-state index is -0.584. The van der Waals surface area contributed by atoms with E-state index in [-0.39, 0.29) is 48.8 Å². The van der Waals surface area contributed by atoms with Crippen LogP contribution in [0.3, 0.4) is 0 Å². The normalized spacial score (nSPS) is 16.3. The molecule has 1 unspecified atom stereocenters. The van der Waals surface area contributed by atoms with Gasteiger partial charge in [0, 0.05) is 50.5 Å². The fourth-order valence-corrected chi connectivity index (χ4v) is 7.82. The minimum absolute atomic E-state index is 0.0732. The third-order valence-electron chi connectivity index (χ3n) is 11.2. The Morgan fingerprint density at radius 1 is 0.914 bits per heavy atom. The number of likely N-dealkylation sites (tertiary alicyclic amines) is 1. The number of hydrogen-bond donors (Lipinski definition) is 2. The molecule has 58 heavy (non-hydrogen) atoms. The molecule has 6 rings (SSSR count). The number of benzene rings is 3. The number of methoxy groups -OCH3 is 2. The Bertz CT molecular complexity index is 2110. The van der Waals surface area contributed by atoms with E-state index < -0.39 is 12.0 Å². The van der Waals surface area contributed by atoms with Crippen molar-refractivity contribution in [1.82, 2.24) is 24.5 Å². The van der Waals surface area contributed by atoms with E-state index in [4.69, 9.17) is 14.6 Å². The van der Waals surface area contributed by atoms with Gasteiger partial charge >= 0.3 is 0 Å². The van der Waals surface area contributed by atoms with Crippen LogP contribution in [0.4, 0.5) is 5.69 Å². The summed E-state index contributed by atoms with van der Waals surface area (Å²) in [4.78, 5) is 60.6. The minimum Gasteiger partial charge on any atom is -0.493 e. The number of carbonyl (C=O) groups is 4. The highest BCUT2D eigenvalue weighted by Crippen LogP contribution is 2.31. The average Bonchev–Trinajstić information content (AvgIpc) is 3.83. The Hall–Kier alpha value is -5.69. The first-order valence-corrected chi connectivity index (χ1v) is 20.4. The van der Waals surface area contributed by atoms with Gasteiger partial charge in [-0.05, 0) is 85.7 Å². The summed E-state index contributed by atoms with van der Waals surface area (Å²) < 4.78 is 12.4. The van der Waals surface area contributed by atoms with E-state index in [1.807, 2.05) is 54.3 Å². The van der Waals surface area contributed by atoms with Crippen LogP contribution in [0.15, 0.2) is 66.7 Å². The number of aryl methyl sites for hydroxylation is 1. The average molecular weight is 793 g/mol. The highest BCUT2D eigenvalue weighted by Gasteiger charge is 2.35. The number of rotatable bonds is 17. The molecular weight excluding hydrogens is 737 g/mol. The highest BCUT2D eigenvalue weighted by atomic mass is 16.5. The topological polar surface area (TPSA) is 147 Å². The first-order chi connectivity index (χ1) is 28.1. The largest absolute Gasteiger partial charge is 0.493 e. The third kappa shape index (κ3) is 9.36. The number of nitrogens with zero attached hydrogens (tertiary/aromatic N) is 5. The number of aliphatic hydroxyl groups is 1. The van der Waals surface area contributed by atoms with Crippen molar-refractivity contribution >= 4 is 29.3 Å². The van der Waals surface area contributed by atoms with Crippen LogP contribution in [0.1, 0.15) is 89.2 Å². The molecule has 3 heterocycles. The predicted molar refractivity (Wildman–Crippen MR) is 221 cm³/mol. The van der Waals surface area contributed by atoms with Crippen LogP contribution in [-0.4, -0.2) is 106 Å². The van der Waals surface area contributed by atoms with Crippen LogP contribution in [-0.2, 0) is 29.0 Å². The monoisotopic (exact) mass is 792 g/mol. The van der Waals surface area contributed by atoms with Crippen molar-refractivity contribution in [1.29, 1.82) is 0 Å². The van der Waals surface area contributed by atoms with Crippen LogP contribution in [0.5, 0.6) is 11.5 Å². The van der Waals surface area contributed by atoms with Gasteiger partial charge in [0.05, 0.1) is 44.0 Å². The second kappa shape index (κ2) is 19.2. The fraction of sp³-hybridized carbons (Fsp3) is 0.444. The number of aliphatic hydroxyl groups excluding tert-OH is 1. The molecule has 4 amide bonds. The molecule has 2 aliphatic rings. The number of amides is 4. The summed E-state index contributed by atoms with van der Waals surface area (Å²) in [5.41, 5.74) is 5.11. The van der Waals surface area contributed by atoms with Crippen molar-refractivity contribution in [3.63, 3.8) is 0 Å². The summed E-state index contributed by atoms with van der Waals surface area (Å²) in [7, 11) is 3.16. The van der Waals surface area contributed by atoms with Gasteiger partial charge in [-0.2, -0.15) is 5.10 Å². The molecule has 1 fully saturated rings. The van der Waals surface area contributed by atoms with E-state index >= 15 is 0 Å². The van der Waals surface area contributed by atoms with Crippen molar-refractivity contribution in [3.05, 3.63) is 100 Å². The van der Waals surface area contributed by atoms with Crippen molar-refractivity contribution in [3.8, 4) is 17.2 Å². The number of aromatic nitrogens is 2. The van der Waals surface area contributed by atoms with Gasteiger partial charge in [-0.3, -0.25) is 19.2 Å². The van der Waals surface area contributed by atoms with Gasteiger partial charge in [0.2, 0.25) is 11.8 Å². The molecule has 13 nitrogen and oxygen atoms in total. The molecule has 2 aliphatic heterocycles. The number of anilines is 1. The first kappa shape index (κ1) is 41.9. The maximum Gasteiger partial charge on any atom is 0.274 e. The van der Waals surface area contributed by atoms with Gasteiger partial charge in [-0.1, -0.05) is 57.0 Å². The van der Waals surface area contributed by atoms with Crippen molar-refractivity contribution < 1.29 is 33.8 Å². The molecule has 308 valence electrons. The van der Waals surface area contributed by atoms with Crippen LogP contribution < -0.4 is 14.8 Å². The number of fused-ring (bicyclic) bond motifs is 1. The molecule has 0 spiro atoms. The summed E-state index contributed by atoms with van der Waals surface area (Å²) in [6.45, 7) is 8.10. The number of ether oxygens (including phenoxy) is 2. The second-order valence-electron chi connectivity index (χ2n) is 15.2. The molecule has 1 aromatic heterocycles. The summed E-state index contributed by atoms with van der Waals surface area (Å²) in [5.74, 6) is -0.271. The van der Waals surface area contributed by atoms with Crippen LogP contribution in [0.2, 0.25) is 0 Å². The molecule has 13 heteroatoms. The first-order valence-electron chi connectivity index (χ1n) is 20.4. The Labute approximate surface area is 340 Å². The van der Waals surface area contributed by atoms with Gasteiger partial charge in [0.15, 0.2) is 17.2 Å². The zero-order valence-electron chi connectivity index (χ0n) is 34.3. The van der Waals surface area contributed by atoms with Crippen molar-refractivity contribution in [2.24, 2.45) is 5.92 Å². The van der Waals surface area contributed by atoms with Gasteiger partial charge in [0.25, 0.3) is 11.8 Å². The standard InChI is InChI=1S/C45H56N6O7/c1-6-8-19-48(20-9-7-2)45(56)38-22-30(3)51(47-38)39-16-15-35(26-37(39)44(55)50-28-33-13-11-10-12-32(33)24-36(50)29-52)46-43(54)34-25-42(53)49(27-34)21-18-31-14-17-40(57-4)41(23-31)58-5/h10-17,22-23,26,34,36,52H,6-9,18-21,24-25,27-29H2,1-5H3,(H,46,54)/t34?,36-/m0/s1. The summed E-state index contributed by atoms with van der Waals surface area (Å²) in [6, 6.07) is 19.9. The smallest absolute Gasteiger partial charge is 0.274 e. The van der Waals surface area contributed by atoms with Crippen LogP contribution >= 0.6 is 0 Å². The Morgan fingerprint density at radius 2 is 1.64 bits per heavy atom. The lowest BCUT2D eigenvalue weighted by molar-refractivity contribution is -0.128. The molecule has 1 saturated heterocycles. The number of nitrogens with one attached hydrogen (secondary N) is 1. The summed E-state index contributed by atoms with van der Waals surface area (Å²) >= 11 is 0. The van der Waals surface area contributed by atoms with E-state index in [0.717, 1.165) is 42.4 Å². The lowest BCUT2D eigenvalue weighted by Crippen LogP contribution is -2.46. The molecular formula is C45H56N6O7. The fourth-order valence-electron chi connectivity index (χ4n) is 7.82. The molecule has 3 aromatic carbocycles. The molecule has 0 aliphatic carbocycles. The quantitative estimate of drug-likeness (QED) is 0.136. The van der Waals surface area contributed by atoms with Gasteiger partial charge in [0.1, 0.15) is 0 Å². The molecule has 4 aromatic rings. The molecule has 2 N–H and O–H groups in total. The van der Waals surface area contributed by atoms with Crippen molar-refractivity contribution in [2.45, 2.75) is 78.3 Å². The summed E-state index contributed by atoms with van der Waals surface area (Å²) in [6.07, 6.45) is 4.85. The Kier molecular flexibility index (Phi) is 13.9.